The largest absolute Gasteiger partial charge is 0.316 e. The van der Waals surface area contributed by atoms with E-state index >= 15 is 0 Å². The first-order valence-electron chi connectivity index (χ1n) is 10.5. The Morgan fingerprint density at radius 3 is 2.26 bits per heavy atom. The SMILES string of the molecule is CN(C)CCCCCCSc1ccc(C=c2[nH]c(=O)c(=Cc3ccccc3)[nH]c2=O)s1. The Morgan fingerprint density at radius 2 is 1.55 bits per heavy atom. The van der Waals surface area contributed by atoms with Gasteiger partial charge < -0.3 is 14.9 Å². The van der Waals surface area contributed by atoms with E-state index in [0.29, 0.717) is 0 Å². The van der Waals surface area contributed by atoms with Gasteiger partial charge in [0.15, 0.2) is 0 Å². The smallest absolute Gasteiger partial charge is 0.272 e. The fraction of sp³-hybridized carbons (Fsp3) is 0.333. The molecule has 2 aromatic heterocycles. The predicted molar refractivity (Wildman–Crippen MR) is 133 cm³/mol. The van der Waals surface area contributed by atoms with Gasteiger partial charge in [0.25, 0.3) is 11.1 Å². The number of aromatic amines is 2. The van der Waals surface area contributed by atoms with Crippen molar-refractivity contribution in [2.45, 2.75) is 29.9 Å². The lowest BCUT2D eigenvalue weighted by Gasteiger charge is -2.08. The number of unbranched alkanes of at least 4 members (excludes halogenated alkanes) is 3. The number of H-pyrrole nitrogens is 2. The summed E-state index contributed by atoms with van der Waals surface area (Å²) in [7, 11) is 4.23. The number of thiophene rings is 1. The lowest BCUT2D eigenvalue weighted by atomic mass is 10.2. The van der Waals surface area contributed by atoms with Crippen LogP contribution in [-0.4, -0.2) is 41.3 Å². The van der Waals surface area contributed by atoms with E-state index in [1.807, 2.05) is 48.2 Å². The minimum absolute atomic E-state index is 0.251. The third-order valence-corrected chi connectivity index (χ3v) is 7.07. The Hall–Kier alpha value is -2.35. The molecule has 0 atom stereocenters. The maximum absolute atomic E-state index is 12.5. The third-order valence-electron chi connectivity index (χ3n) is 4.73. The summed E-state index contributed by atoms with van der Waals surface area (Å²) in [5, 5.41) is 0.524. The predicted octanol–water partition coefficient (Wildman–Crippen LogP) is 3.00. The second-order valence-electron chi connectivity index (χ2n) is 7.66. The van der Waals surface area contributed by atoms with E-state index < -0.39 is 0 Å². The number of aromatic nitrogens is 2. The van der Waals surface area contributed by atoms with E-state index in [-0.39, 0.29) is 21.8 Å². The van der Waals surface area contributed by atoms with E-state index in [2.05, 4.69) is 35.0 Å². The van der Waals surface area contributed by atoms with E-state index in [4.69, 9.17) is 0 Å². The highest BCUT2D eigenvalue weighted by Crippen LogP contribution is 2.28. The summed E-state index contributed by atoms with van der Waals surface area (Å²) in [6.45, 7) is 1.16. The molecule has 0 spiro atoms. The van der Waals surface area contributed by atoms with Crippen molar-refractivity contribution in [1.82, 2.24) is 14.9 Å². The molecule has 3 aromatic rings. The second-order valence-corrected chi connectivity index (χ2v) is 10.2. The van der Waals surface area contributed by atoms with Crippen molar-refractivity contribution in [3.63, 3.8) is 0 Å². The summed E-state index contributed by atoms with van der Waals surface area (Å²) in [5.41, 5.74) is 0.246. The highest BCUT2D eigenvalue weighted by atomic mass is 32.2. The van der Waals surface area contributed by atoms with Crippen LogP contribution in [0.2, 0.25) is 0 Å². The number of benzene rings is 1. The van der Waals surface area contributed by atoms with E-state index in [0.717, 1.165) is 22.7 Å². The maximum atomic E-state index is 12.5. The van der Waals surface area contributed by atoms with Crippen molar-refractivity contribution in [3.8, 4) is 0 Å². The van der Waals surface area contributed by atoms with Crippen LogP contribution < -0.4 is 21.8 Å². The van der Waals surface area contributed by atoms with Crippen molar-refractivity contribution in [3.05, 3.63) is 84.3 Å². The molecule has 0 bridgehead atoms. The zero-order valence-corrected chi connectivity index (χ0v) is 19.7. The molecule has 0 fully saturated rings. The molecule has 2 N–H and O–H groups in total. The first kappa shape index (κ1) is 23.3. The summed E-state index contributed by atoms with van der Waals surface area (Å²) in [4.78, 5) is 33.4. The fourth-order valence-corrected chi connectivity index (χ4v) is 5.27. The molecule has 7 heteroatoms. The van der Waals surface area contributed by atoms with Gasteiger partial charge in [0, 0.05) is 4.88 Å². The van der Waals surface area contributed by atoms with E-state index in [1.54, 1.807) is 23.5 Å². The first-order valence-corrected chi connectivity index (χ1v) is 12.3. The summed E-state index contributed by atoms with van der Waals surface area (Å²) < 4.78 is 1.23. The topological polar surface area (TPSA) is 69.0 Å². The summed E-state index contributed by atoms with van der Waals surface area (Å²) in [5.74, 6) is 1.10. The Labute approximate surface area is 190 Å². The molecule has 164 valence electrons. The van der Waals surface area contributed by atoms with Gasteiger partial charge >= 0.3 is 0 Å². The Bertz CT molecular complexity index is 1190. The maximum Gasteiger partial charge on any atom is 0.272 e. The zero-order chi connectivity index (χ0) is 22.1. The first-order chi connectivity index (χ1) is 15.0. The molecule has 2 heterocycles. The molecule has 3 rings (SSSR count). The van der Waals surface area contributed by atoms with Crippen LogP contribution in [0.5, 0.6) is 0 Å². The van der Waals surface area contributed by atoms with Crippen LogP contribution in [-0.2, 0) is 0 Å². The Kier molecular flexibility index (Phi) is 8.94. The van der Waals surface area contributed by atoms with Gasteiger partial charge in [-0.1, -0.05) is 43.2 Å². The van der Waals surface area contributed by atoms with E-state index in [9.17, 15) is 9.59 Å². The highest BCUT2D eigenvalue weighted by molar-refractivity contribution is 8.01. The lowest BCUT2D eigenvalue weighted by Crippen LogP contribution is -2.46. The third kappa shape index (κ3) is 7.69. The van der Waals surface area contributed by atoms with Crippen LogP contribution in [0.3, 0.4) is 0 Å². The van der Waals surface area contributed by atoms with Crippen LogP contribution >= 0.6 is 23.1 Å². The Morgan fingerprint density at radius 1 is 0.871 bits per heavy atom. The van der Waals surface area contributed by atoms with Crippen LogP contribution in [0.4, 0.5) is 0 Å². The van der Waals surface area contributed by atoms with Gasteiger partial charge in [-0.3, -0.25) is 9.59 Å². The molecular weight excluding hydrogens is 426 g/mol. The van der Waals surface area contributed by atoms with Gasteiger partial charge in [-0.2, -0.15) is 0 Å². The molecule has 0 aliphatic heterocycles. The molecule has 0 saturated heterocycles. The molecule has 0 radical (unpaired) electrons. The molecule has 0 aliphatic rings. The lowest BCUT2D eigenvalue weighted by molar-refractivity contribution is 0.391. The number of hydrogen-bond acceptors (Lipinski definition) is 5. The van der Waals surface area contributed by atoms with E-state index in [1.165, 1.54) is 29.9 Å². The van der Waals surface area contributed by atoms with Crippen molar-refractivity contribution in [1.29, 1.82) is 0 Å². The number of nitrogens with zero attached hydrogens (tertiary/aromatic N) is 1. The minimum atomic E-state index is -0.310. The molecule has 0 aliphatic carbocycles. The second kappa shape index (κ2) is 11.9. The summed E-state index contributed by atoms with van der Waals surface area (Å²) in [6, 6.07) is 13.5. The highest BCUT2D eigenvalue weighted by Gasteiger charge is 2.02. The zero-order valence-electron chi connectivity index (χ0n) is 18.0. The number of hydrogen-bond donors (Lipinski definition) is 2. The molecule has 0 unspecified atom stereocenters. The molecule has 0 saturated carbocycles. The van der Waals surface area contributed by atoms with Gasteiger partial charge in [-0.25, -0.2) is 0 Å². The number of rotatable bonds is 10. The molecule has 31 heavy (non-hydrogen) atoms. The standard InChI is InChI=1S/C24H29N3O2S2/c1-27(2)14-8-3-4-9-15-30-22-13-12-19(31-22)17-21-24(29)25-20(23(28)26-21)16-18-10-6-5-7-11-18/h5-7,10-13,16-17H,3-4,8-9,14-15H2,1-2H3,(H,25,29)(H,26,28). The normalized spacial score (nSPS) is 12.7. The van der Waals surface area contributed by atoms with Gasteiger partial charge in [0.2, 0.25) is 0 Å². The van der Waals surface area contributed by atoms with Gasteiger partial charge in [-0.15, -0.1) is 23.1 Å². The average molecular weight is 456 g/mol. The molecule has 1 aromatic carbocycles. The average Bonchev–Trinajstić information content (AvgIpc) is 3.19. The van der Waals surface area contributed by atoms with Crippen molar-refractivity contribution < 1.29 is 0 Å². The van der Waals surface area contributed by atoms with Crippen molar-refractivity contribution in [2.24, 2.45) is 0 Å². The molecular formula is C24H29N3O2S2. The van der Waals surface area contributed by atoms with Gasteiger partial charge in [0.1, 0.15) is 10.7 Å². The van der Waals surface area contributed by atoms with Crippen molar-refractivity contribution in [2.75, 3.05) is 26.4 Å². The van der Waals surface area contributed by atoms with Crippen LogP contribution in [0, 0.1) is 0 Å². The van der Waals surface area contributed by atoms with Crippen LogP contribution in [0.25, 0.3) is 12.2 Å². The monoisotopic (exact) mass is 455 g/mol. The fourth-order valence-electron chi connectivity index (χ4n) is 3.10. The van der Waals surface area contributed by atoms with Gasteiger partial charge in [-0.05, 0) is 69.1 Å². The summed E-state index contributed by atoms with van der Waals surface area (Å²) in [6.07, 6.45) is 8.41. The number of nitrogens with one attached hydrogen (secondary N) is 2. The van der Waals surface area contributed by atoms with Crippen molar-refractivity contribution >= 4 is 35.3 Å². The van der Waals surface area contributed by atoms with Gasteiger partial charge in [0.05, 0.1) is 4.21 Å². The van der Waals surface area contributed by atoms with Crippen LogP contribution in [0.15, 0.2) is 56.3 Å². The van der Waals surface area contributed by atoms with Crippen LogP contribution in [0.1, 0.15) is 36.1 Å². The Balaban J connectivity index is 1.62. The summed E-state index contributed by atoms with van der Waals surface area (Å²) >= 11 is 3.49. The minimum Gasteiger partial charge on any atom is -0.316 e. The molecule has 5 nitrogen and oxygen atoms in total. The molecule has 0 amide bonds. The quantitative estimate of drug-likeness (QED) is 0.364. The number of thioether (sulfide) groups is 1.